The van der Waals surface area contributed by atoms with E-state index in [4.69, 9.17) is 5.11 Å². The average Bonchev–Trinajstić information content (AvgIpc) is 2.90. The average molecular weight is 275 g/mol. The number of hydrogen-bond donors (Lipinski definition) is 2. The van der Waals surface area contributed by atoms with Crippen molar-refractivity contribution in [2.75, 3.05) is 0 Å². The molecule has 0 aliphatic carbocycles. The molecule has 0 radical (unpaired) electrons. The molecule has 0 spiro atoms. The van der Waals surface area contributed by atoms with Crippen molar-refractivity contribution in [3.63, 3.8) is 0 Å². The second kappa shape index (κ2) is 6.15. The summed E-state index contributed by atoms with van der Waals surface area (Å²) >= 11 is 1.31. The smallest absolute Gasteiger partial charge is 0.331 e. The summed E-state index contributed by atoms with van der Waals surface area (Å²) < 4.78 is 0. The van der Waals surface area contributed by atoms with E-state index in [0.29, 0.717) is 4.88 Å². The van der Waals surface area contributed by atoms with E-state index in [2.05, 4.69) is 5.32 Å². The second-order valence-electron chi connectivity index (χ2n) is 4.02. The van der Waals surface area contributed by atoms with E-state index in [1.807, 2.05) is 30.3 Å². The molecule has 2 N–H and O–H groups in total. The molecule has 1 unspecified atom stereocenters. The maximum Gasteiger partial charge on any atom is 0.331 e. The highest BCUT2D eigenvalue weighted by Crippen LogP contribution is 2.19. The van der Waals surface area contributed by atoms with Crippen LogP contribution in [0.3, 0.4) is 0 Å². The normalized spacial score (nSPS) is 11.8. The maximum absolute atomic E-state index is 11.9. The summed E-state index contributed by atoms with van der Waals surface area (Å²) in [5, 5.41) is 13.5. The number of nitrogens with one attached hydrogen (secondary N) is 1. The van der Waals surface area contributed by atoms with Gasteiger partial charge in [-0.3, -0.25) is 4.79 Å². The summed E-state index contributed by atoms with van der Waals surface area (Å²) in [6.45, 7) is 0. The van der Waals surface area contributed by atoms with Crippen molar-refractivity contribution in [2.24, 2.45) is 0 Å². The van der Waals surface area contributed by atoms with Gasteiger partial charge >= 0.3 is 5.97 Å². The predicted molar refractivity (Wildman–Crippen MR) is 73.0 cm³/mol. The molecule has 0 bridgehead atoms. The van der Waals surface area contributed by atoms with E-state index in [-0.39, 0.29) is 12.3 Å². The van der Waals surface area contributed by atoms with Crippen LogP contribution >= 0.6 is 11.3 Å². The number of carboxylic acids is 1. The van der Waals surface area contributed by atoms with Crippen molar-refractivity contribution in [3.8, 4) is 0 Å². The van der Waals surface area contributed by atoms with Gasteiger partial charge in [-0.2, -0.15) is 0 Å². The van der Waals surface area contributed by atoms with Gasteiger partial charge in [0.1, 0.15) is 0 Å². The van der Waals surface area contributed by atoms with Gasteiger partial charge in [-0.15, -0.1) is 11.3 Å². The summed E-state index contributed by atoms with van der Waals surface area (Å²) in [7, 11) is 0. The monoisotopic (exact) mass is 275 g/mol. The first kappa shape index (κ1) is 13.3. The number of carboxylic acid groups (broad SMARTS) is 1. The van der Waals surface area contributed by atoms with Crippen LogP contribution in [0.25, 0.3) is 0 Å². The summed E-state index contributed by atoms with van der Waals surface area (Å²) in [5.41, 5.74) is 0.857. The van der Waals surface area contributed by atoms with E-state index in [9.17, 15) is 9.59 Å². The van der Waals surface area contributed by atoms with Crippen LogP contribution < -0.4 is 5.32 Å². The first-order chi connectivity index (χ1) is 9.16. The van der Waals surface area contributed by atoms with Crippen LogP contribution in [0.15, 0.2) is 47.8 Å². The molecular weight excluding hydrogens is 262 g/mol. The van der Waals surface area contributed by atoms with Crippen molar-refractivity contribution in [1.82, 2.24) is 5.32 Å². The van der Waals surface area contributed by atoms with Crippen LogP contribution in [-0.4, -0.2) is 17.0 Å². The van der Waals surface area contributed by atoms with Crippen LogP contribution in [0, 0.1) is 0 Å². The quantitative estimate of drug-likeness (QED) is 0.879. The number of aliphatic carboxylic acids is 1. The van der Waals surface area contributed by atoms with Gasteiger partial charge in [-0.05, 0) is 17.0 Å². The number of amides is 1. The van der Waals surface area contributed by atoms with Gasteiger partial charge in [0.05, 0.1) is 6.42 Å². The summed E-state index contributed by atoms with van der Waals surface area (Å²) in [5.74, 6) is -1.35. The minimum atomic E-state index is -1.05. The fraction of sp³-hybridized carbons (Fsp3) is 0.143. The number of carbonyl (C=O) groups excluding carboxylic acids is 1. The molecule has 2 aromatic rings. The van der Waals surface area contributed by atoms with E-state index in [1.54, 1.807) is 17.5 Å². The van der Waals surface area contributed by atoms with Crippen LogP contribution in [-0.2, 0) is 16.0 Å². The molecule has 1 heterocycles. The van der Waals surface area contributed by atoms with E-state index in [0.717, 1.165) is 5.56 Å². The molecule has 4 nitrogen and oxygen atoms in total. The SMILES string of the molecule is O=C(Cc1ccccc1)NC(C(=O)O)c1cccs1. The van der Waals surface area contributed by atoms with Crippen molar-refractivity contribution in [2.45, 2.75) is 12.5 Å². The lowest BCUT2D eigenvalue weighted by Gasteiger charge is -2.12. The minimum Gasteiger partial charge on any atom is -0.479 e. The Hall–Kier alpha value is -2.14. The van der Waals surface area contributed by atoms with Crippen LogP contribution in [0.1, 0.15) is 16.5 Å². The highest BCUT2D eigenvalue weighted by molar-refractivity contribution is 7.10. The molecule has 1 amide bonds. The Bertz CT molecular complexity index is 551. The topological polar surface area (TPSA) is 66.4 Å². The van der Waals surface area contributed by atoms with Crippen molar-refractivity contribution in [3.05, 3.63) is 58.3 Å². The van der Waals surface area contributed by atoms with Gasteiger partial charge < -0.3 is 10.4 Å². The fourth-order valence-electron chi connectivity index (χ4n) is 1.70. The van der Waals surface area contributed by atoms with Crippen molar-refractivity contribution in [1.29, 1.82) is 0 Å². The van der Waals surface area contributed by atoms with Gasteiger partial charge in [-0.1, -0.05) is 36.4 Å². The molecule has 1 aromatic heterocycles. The lowest BCUT2D eigenvalue weighted by atomic mass is 10.1. The maximum atomic E-state index is 11.9. The van der Waals surface area contributed by atoms with Crippen LogP contribution in [0.2, 0.25) is 0 Å². The first-order valence-corrected chi connectivity index (χ1v) is 6.64. The highest BCUT2D eigenvalue weighted by Gasteiger charge is 2.22. The third-order valence-electron chi connectivity index (χ3n) is 2.59. The summed E-state index contributed by atoms with van der Waals surface area (Å²) in [6, 6.07) is 11.7. The number of rotatable bonds is 5. The molecular formula is C14H13NO3S. The van der Waals surface area contributed by atoms with E-state index >= 15 is 0 Å². The Morgan fingerprint density at radius 1 is 1.16 bits per heavy atom. The van der Waals surface area contributed by atoms with Crippen molar-refractivity contribution < 1.29 is 14.7 Å². The summed E-state index contributed by atoms with van der Waals surface area (Å²) in [4.78, 5) is 23.6. The zero-order valence-electron chi connectivity index (χ0n) is 10.1. The lowest BCUT2D eigenvalue weighted by molar-refractivity contribution is -0.141. The van der Waals surface area contributed by atoms with E-state index < -0.39 is 12.0 Å². The molecule has 2 rings (SSSR count). The number of carbonyl (C=O) groups is 2. The Kier molecular flexibility index (Phi) is 4.30. The lowest BCUT2D eigenvalue weighted by Crippen LogP contribution is -2.34. The van der Waals surface area contributed by atoms with E-state index in [1.165, 1.54) is 11.3 Å². The molecule has 98 valence electrons. The molecule has 0 saturated heterocycles. The zero-order valence-corrected chi connectivity index (χ0v) is 10.9. The van der Waals surface area contributed by atoms with Gasteiger partial charge in [0.25, 0.3) is 0 Å². The summed E-state index contributed by atoms with van der Waals surface area (Å²) in [6.07, 6.45) is 0.177. The minimum absolute atomic E-state index is 0.177. The molecule has 0 aliphatic heterocycles. The standard InChI is InChI=1S/C14H13NO3S/c16-12(9-10-5-2-1-3-6-10)15-13(14(17)18)11-7-4-8-19-11/h1-8,13H,9H2,(H,15,16)(H,17,18). The molecule has 0 aliphatic rings. The molecule has 19 heavy (non-hydrogen) atoms. The fourth-order valence-corrected chi connectivity index (χ4v) is 2.47. The Morgan fingerprint density at radius 3 is 2.47 bits per heavy atom. The molecule has 1 aromatic carbocycles. The molecule has 0 fully saturated rings. The predicted octanol–water partition coefficient (Wildman–Crippen LogP) is 2.23. The van der Waals surface area contributed by atoms with Gasteiger partial charge in [-0.25, -0.2) is 4.79 Å². The van der Waals surface area contributed by atoms with Crippen molar-refractivity contribution >= 4 is 23.2 Å². The first-order valence-electron chi connectivity index (χ1n) is 5.76. The highest BCUT2D eigenvalue weighted by atomic mass is 32.1. The van der Waals surface area contributed by atoms with Crippen LogP contribution in [0.5, 0.6) is 0 Å². The number of thiophene rings is 1. The molecule has 5 heteroatoms. The number of benzene rings is 1. The zero-order chi connectivity index (χ0) is 13.7. The largest absolute Gasteiger partial charge is 0.479 e. The molecule has 1 atom stereocenters. The Balaban J connectivity index is 2.02. The Labute approximate surface area is 114 Å². The van der Waals surface area contributed by atoms with Gasteiger partial charge in [0.15, 0.2) is 6.04 Å². The second-order valence-corrected chi connectivity index (χ2v) is 5.00. The van der Waals surface area contributed by atoms with Crippen LogP contribution in [0.4, 0.5) is 0 Å². The third-order valence-corrected chi connectivity index (χ3v) is 3.52. The molecule has 0 saturated carbocycles. The van der Waals surface area contributed by atoms with Gasteiger partial charge in [0, 0.05) is 4.88 Å². The Morgan fingerprint density at radius 2 is 1.89 bits per heavy atom. The van der Waals surface area contributed by atoms with Gasteiger partial charge in [0.2, 0.25) is 5.91 Å². The number of hydrogen-bond acceptors (Lipinski definition) is 3. The third kappa shape index (κ3) is 3.66.